The van der Waals surface area contributed by atoms with E-state index in [1.165, 1.54) is 12.1 Å². The fourth-order valence-electron chi connectivity index (χ4n) is 1.80. The number of carboxylic acids is 1. The first-order valence-corrected chi connectivity index (χ1v) is 7.27. The van der Waals surface area contributed by atoms with Gasteiger partial charge in [0.2, 0.25) is 0 Å². The topological polar surface area (TPSA) is 55.8 Å². The Morgan fingerprint density at radius 3 is 2.33 bits per heavy atom. The van der Waals surface area contributed by atoms with Crippen molar-refractivity contribution in [2.24, 2.45) is 0 Å². The van der Waals surface area contributed by atoms with Crippen molar-refractivity contribution >= 4 is 21.9 Å². The van der Waals surface area contributed by atoms with Crippen LogP contribution in [0.25, 0.3) is 0 Å². The molecule has 2 aromatic rings. The highest BCUT2D eigenvalue weighted by Crippen LogP contribution is 2.36. The summed E-state index contributed by atoms with van der Waals surface area (Å²) >= 11 is 3.40. The fraction of sp³-hybridized carbons (Fsp3) is 0.188. The summed E-state index contributed by atoms with van der Waals surface area (Å²) in [7, 11) is 0. The zero-order chi connectivity index (χ0) is 15.2. The van der Waals surface area contributed by atoms with E-state index in [1.54, 1.807) is 0 Å². The van der Waals surface area contributed by atoms with Crippen LogP contribution in [0.1, 0.15) is 22.8 Å². The van der Waals surface area contributed by atoms with Gasteiger partial charge in [-0.05, 0) is 40.5 Å². The van der Waals surface area contributed by atoms with Gasteiger partial charge in [0.25, 0.3) is 0 Å². The maximum Gasteiger partial charge on any atom is 0.335 e. The lowest BCUT2D eigenvalue weighted by Crippen LogP contribution is -2.03. The van der Waals surface area contributed by atoms with Gasteiger partial charge >= 0.3 is 5.97 Å². The van der Waals surface area contributed by atoms with Gasteiger partial charge in [-0.15, -0.1) is 0 Å². The molecule has 0 unspecified atom stereocenters. The second-order valence-corrected chi connectivity index (χ2v) is 5.09. The van der Waals surface area contributed by atoms with Crippen molar-refractivity contribution in [3.63, 3.8) is 0 Å². The van der Waals surface area contributed by atoms with E-state index >= 15 is 0 Å². The van der Waals surface area contributed by atoms with Crippen LogP contribution in [0.15, 0.2) is 46.9 Å². The molecule has 2 rings (SSSR count). The average Bonchev–Trinajstić information content (AvgIpc) is 2.49. The van der Waals surface area contributed by atoms with E-state index in [9.17, 15) is 4.79 Å². The number of hydrogen-bond donors (Lipinski definition) is 1. The van der Waals surface area contributed by atoms with E-state index in [4.69, 9.17) is 14.6 Å². The molecule has 4 nitrogen and oxygen atoms in total. The molecule has 0 saturated heterocycles. The Kier molecular flexibility index (Phi) is 5.22. The number of aromatic carboxylic acids is 1. The summed E-state index contributed by atoms with van der Waals surface area (Å²) in [4.78, 5) is 11.2. The van der Waals surface area contributed by atoms with Gasteiger partial charge in [0, 0.05) is 0 Å². The molecule has 0 saturated carbocycles. The highest BCUT2D eigenvalue weighted by Gasteiger charge is 2.15. The summed E-state index contributed by atoms with van der Waals surface area (Å²) < 4.78 is 11.8. The number of halogens is 1. The lowest BCUT2D eigenvalue weighted by molar-refractivity contribution is 0.0695. The summed E-state index contributed by atoms with van der Waals surface area (Å²) in [5, 5.41) is 9.15. The lowest BCUT2D eigenvalue weighted by Gasteiger charge is -2.13. The molecular formula is C16H15BrO4. The first kappa shape index (κ1) is 15.4. The smallest absolute Gasteiger partial charge is 0.335 e. The summed E-state index contributed by atoms with van der Waals surface area (Å²) in [6.07, 6.45) is 0. The molecule has 2 aromatic carbocycles. The molecule has 0 fully saturated rings. The quantitative estimate of drug-likeness (QED) is 0.850. The lowest BCUT2D eigenvalue weighted by atomic mass is 10.2. The Morgan fingerprint density at radius 2 is 1.76 bits per heavy atom. The molecule has 0 atom stereocenters. The SMILES string of the molecule is CCOc1cc(C(=O)O)cc(OCc2ccccc2)c1Br. The van der Waals surface area contributed by atoms with E-state index in [0.29, 0.717) is 29.2 Å². The third-order valence-electron chi connectivity index (χ3n) is 2.79. The van der Waals surface area contributed by atoms with E-state index in [1.807, 2.05) is 37.3 Å². The summed E-state index contributed by atoms with van der Waals surface area (Å²) in [5.41, 5.74) is 1.13. The maximum absolute atomic E-state index is 11.2. The van der Waals surface area contributed by atoms with Gasteiger partial charge in [0.15, 0.2) is 0 Å². The van der Waals surface area contributed by atoms with E-state index in [-0.39, 0.29) is 5.56 Å². The van der Waals surface area contributed by atoms with E-state index in [2.05, 4.69) is 15.9 Å². The van der Waals surface area contributed by atoms with Gasteiger partial charge in [-0.2, -0.15) is 0 Å². The van der Waals surface area contributed by atoms with Crippen molar-refractivity contribution in [1.82, 2.24) is 0 Å². The fourth-order valence-corrected chi connectivity index (χ4v) is 2.25. The van der Waals surface area contributed by atoms with Crippen LogP contribution in [0.3, 0.4) is 0 Å². The van der Waals surface area contributed by atoms with Gasteiger partial charge < -0.3 is 14.6 Å². The molecule has 110 valence electrons. The van der Waals surface area contributed by atoms with Crippen LogP contribution in [0, 0.1) is 0 Å². The van der Waals surface area contributed by atoms with Crippen molar-refractivity contribution in [3.8, 4) is 11.5 Å². The van der Waals surface area contributed by atoms with E-state index in [0.717, 1.165) is 5.56 Å². The Balaban J connectivity index is 2.26. The van der Waals surface area contributed by atoms with Crippen LogP contribution in [-0.2, 0) is 6.61 Å². The minimum absolute atomic E-state index is 0.129. The number of hydrogen-bond acceptors (Lipinski definition) is 3. The van der Waals surface area contributed by atoms with Gasteiger partial charge in [-0.1, -0.05) is 30.3 Å². The first-order chi connectivity index (χ1) is 10.1. The van der Waals surface area contributed by atoms with Gasteiger partial charge in [0.1, 0.15) is 22.6 Å². The predicted molar refractivity (Wildman–Crippen MR) is 83.0 cm³/mol. The normalized spacial score (nSPS) is 10.2. The van der Waals surface area contributed by atoms with Crippen molar-refractivity contribution in [3.05, 3.63) is 58.1 Å². The van der Waals surface area contributed by atoms with Crippen molar-refractivity contribution < 1.29 is 19.4 Å². The molecule has 5 heteroatoms. The van der Waals surface area contributed by atoms with Crippen LogP contribution in [-0.4, -0.2) is 17.7 Å². The Hall–Kier alpha value is -2.01. The largest absolute Gasteiger partial charge is 0.493 e. The summed E-state index contributed by atoms with van der Waals surface area (Å²) in [6.45, 7) is 2.64. The summed E-state index contributed by atoms with van der Waals surface area (Å²) in [5.74, 6) is -0.115. The van der Waals surface area contributed by atoms with Crippen molar-refractivity contribution in [1.29, 1.82) is 0 Å². The van der Waals surface area contributed by atoms with Crippen LogP contribution in [0.5, 0.6) is 11.5 Å². The molecular weight excluding hydrogens is 336 g/mol. The predicted octanol–water partition coefficient (Wildman–Crippen LogP) is 4.13. The zero-order valence-corrected chi connectivity index (χ0v) is 13.1. The highest BCUT2D eigenvalue weighted by molar-refractivity contribution is 9.10. The second kappa shape index (κ2) is 7.13. The molecule has 0 heterocycles. The van der Waals surface area contributed by atoms with Gasteiger partial charge in [-0.3, -0.25) is 0 Å². The average molecular weight is 351 g/mol. The number of carboxylic acid groups (broad SMARTS) is 1. The first-order valence-electron chi connectivity index (χ1n) is 6.48. The third kappa shape index (κ3) is 3.98. The molecule has 0 bridgehead atoms. The van der Waals surface area contributed by atoms with Crippen LogP contribution >= 0.6 is 15.9 Å². The van der Waals surface area contributed by atoms with Gasteiger partial charge in [0.05, 0.1) is 12.2 Å². The maximum atomic E-state index is 11.2. The van der Waals surface area contributed by atoms with Crippen LogP contribution in [0.2, 0.25) is 0 Å². The molecule has 0 amide bonds. The molecule has 1 N–H and O–H groups in total. The van der Waals surface area contributed by atoms with Crippen LogP contribution < -0.4 is 9.47 Å². The number of benzene rings is 2. The third-order valence-corrected chi connectivity index (χ3v) is 3.57. The minimum atomic E-state index is -1.02. The molecule has 0 aliphatic carbocycles. The second-order valence-electron chi connectivity index (χ2n) is 4.30. The standard InChI is InChI=1S/C16H15BrO4/c1-2-20-13-8-12(16(18)19)9-14(15(13)17)21-10-11-6-4-3-5-7-11/h3-9H,2,10H2,1H3,(H,18,19). The van der Waals surface area contributed by atoms with Gasteiger partial charge in [-0.25, -0.2) is 4.79 Å². The minimum Gasteiger partial charge on any atom is -0.493 e. The number of rotatable bonds is 6. The highest BCUT2D eigenvalue weighted by atomic mass is 79.9. The molecule has 21 heavy (non-hydrogen) atoms. The van der Waals surface area contributed by atoms with Crippen molar-refractivity contribution in [2.45, 2.75) is 13.5 Å². The van der Waals surface area contributed by atoms with Crippen LogP contribution in [0.4, 0.5) is 0 Å². The molecule has 0 aliphatic heterocycles. The van der Waals surface area contributed by atoms with Crippen molar-refractivity contribution in [2.75, 3.05) is 6.61 Å². The number of carbonyl (C=O) groups is 1. The Bertz CT molecular complexity index is 626. The summed E-state index contributed by atoms with van der Waals surface area (Å²) in [6, 6.07) is 12.6. The molecule has 0 spiro atoms. The molecule has 0 aliphatic rings. The monoisotopic (exact) mass is 350 g/mol. The van der Waals surface area contributed by atoms with E-state index < -0.39 is 5.97 Å². The molecule has 0 radical (unpaired) electrons. The Morgan fingerprint density at radius 1 is 1.14 bits per heavy atom. The Labute approximate surface area is 131 Å². The number of ether oxygens (including phenoxy) is 2. The molecule has 0 aromatic heterocycles. The zero-order valence-electron chi connectivity index (χ0n) is 11.5.